The highest BCUT2D eigenvalue weighted by Crippen LogP contribution is 2.35. The van der Waals surface area contributed by atoms with Crippen LogP contribution >= 0.6 is 0 Å². The lowest BCUT2D eigenvalue weighted by atomic mass is 9.98. The summed E-state index contributed by atoms with van der Waals surface area (Å²) in [5.41, 5.74) is 3.36. The normalized spacial score (nSPS) is 10.7. The number of para-hydroxylation sites is 1. The number of carboxylic acid groups (broad SMARTS) is 1. The molecule has 0 amide bonds. The molecule has 0 aromatic heterocycles. The molecule has 5 heteroatoms. The van der Waals surface area contributed by atoms with E-state index in [0.717, 1.165) is 35.5 Å². The van der Waals surface area contributed by atoms with Gasteiger partial charge >= 0.3 is 11.9 Å². The Morgan fingerprint density at radius 1 is 0.722 bits per heavy atom. The Labute approximate surface area is 214 Å². The van der Waals surface area contributed by atoms with Gasteiger partial charge in [0.2, 0.25) is 0 Å². The minimum absolute atomic E-state index is 0.0469. The molecule has 5 nitrogen and oxygen atoms in total. The molecule has 3 aromatic rings. The van der Waals surface area contributed by atoms with Gasteiger partial charge in [-0.2, -0.15) is 0 Å². The average Bonchev–Trinajstić information content (AvgIpc) is 2.88. The van der Waals surface area contributed by atoms with E-state index in [1.54, 1.807) is 12.1 Å². The number of carbonyl (C=O) groups excluding carboxylic acids is 1. The molecule has 0 unspecified atom stereocenters. The number of esters is 1. The first-order chi connectivity index (χ1) is 17.5. The molecule has 190 valence electrons. The molecule has 1 N–H and O–H groups in total. The van der Waals surface area contributed by atoms with E-state index in [-0.39, 0.29) is 11.3 Å². The highest BCUT2D eigenvalue weighted by atomic mass is 16.5. The summed E-state index contributed by atoms with van der Waals surface area (Å²) >= 11 is 0. The fourth-order valence-electron chi connectivity index (χ4n) is 4.20. The zero-order valence-corrected chi connectivity index (χ0v) is 21.3. The monoisotopic (exact) mass is 488 g/mol. The number of rotatable bonds is 14. The van der Waals surface area contributed by atoms with Crippen LogP contribution in [0.3, 0.4) is 0 Å². The summed E-state index contributed by atoms with van der Waals surface area (Å²) in [6, 6.07) is 20.6. The second kappa shape index (κ2) is 14.1. The lowest BCUT2D eigenvalue weighted by molar-refractivity contribution is -0.131. The Balaban J connectivity index is 1.58. The van der Waals surface area contributed by atoms with E-state index in [4.69, 9.17) is 9.47 Å². The zero-order chi connectivity index (χ0) is 25.8. The van der Waals surface area contributed by atoms with Crippen molar-refractivity contribution in [3.05, 3.63) is 72.3 Å². The number of benzene rings is 3. The number of carbonyl (C=O) groups is 2. The summed E-state index contributed by atoms with van der Waals surface area (Å²) in [6.07, 6.45) is 10.2. The van der Waals surface area contributed by atoms with Crippen molar-refractivity contribution in [2.45, 2.75) is 65.2 Å². The van der Waals surface area contributed by atoms with E-state index in [0.29, 0.717) is 5.56 Å². The molecule has 3 rings (SSSR count). The summed E-state index contributed by atoms with van der Waals surface area (Å²) in [7, 11) is 0. The van der Waals surface area contributed by atoms with Crippen molar-refractivity contribution in [2.24, 2.45) is 0 Å². The summed E-state index contributed by atoms with van der Waals surface area (Å²) in [4.78, 5) is 23.2. The SMILES string of the molecule is CCCCCCCCCCOc1ccc(-c2ccc(-c3cccc(C(=O)O)c3OC(C)=O)cc2)cc1. The van der Waals surface area contributed by atoms with Crippen LogP contribution in [0.4, 0.5) is 0 Å². The molecule has 0 bridgehead atoms. The van der Waals surface area contributed by atoms with E-state index in [2.05, 4.69) is 6.92 Å². The molecule has 3 aromatic carbocycles. The predicted molar refractivity (Wildman–Crippen MR) is 144 cm³/mol. The second-order valence-corrected chi connectivity index (χ2v) is 9.01. The van der Waals surface area contributed by atoms with Crippen LogP contribution in [-0.4, -0.2) is 23.7 Å². The first-order valence-corrected chi connectivity index (χ1v) is 12.9. The Morgan fingerprint density at radius 3 is 1.86 bits per heavy atom. The van der Waals surface area contributed by atoms with Crippen LogP contribution < -0.4 is 9.47 Å². The summed E-state index contributed by atoms with van der Waals surface area (Å²) in [5.74, 6) is -0.779. The van der Waals surface area contributed by atoms with Gasteiger partial charge in [-0.25, -0.2) is 4.79 Å². The maximum absolute atomic E-state index is 11.6. The van der Waals surface area contributed by atoms with Crippen molar-refractivity contribution in [2.75, 3.05) is 6.61 Å². The third kappa shape index (κ3) is 7.98. The molecular formula is C31H36O5. The number of ether oxygens (including phenoxy) is 2. The van der Waals surface area contributed by atoms with Gasteiger partial charge in [0.1, 0.15) is 11.3 Å². The van der Waals surface area contributed by atoms with Crippen molar-refractivity contribution in [3.8, 4) is 33.8 Å². The standard InChI is InChI=1S/C31H36O5/c1-3-4-5-6-7-8-9-10-22-35-27-20-18-25(19-21-27)24-14-16-26(17-15-24)28-12-11-13-29(31(33)34)30(28)36-23(2)32/h11-21H,3-10,22H2,1-2H3,(H,33,34). The quantitative estimate of drug-likeness (QED) is 0.141. The maximum atomic E-state index is 11.6. The number of unbranched alkanes of at least 4 members (excludes halogenated alkanes) is 7. The van der Waals surface area contributed by atoms with Gasteiger partial charge in [0.15, 0.2) is 5.75 Å². The highest BCUT2D eigenvalue weighted by molar-refractivity contribution is 5.95. The summed E-state index contributed by atoms with van der Waals surface area (Å²) in [6.45, 7) is 4.24. The van der Waals surface area contributed by atoms with Crippen LogP contribution in [0.5, 0.6) is 11.5 Å². The fourth-order valence-corrected chi connectivity index (χ4v) is 4.20. The van der Waals surface area contributed by atoms with E-state index in [1.807, 2.05) is 48.5 Å². The zero-order valence-electron chi connectivity index (χ0n) is 21.3. The molecule has 0 radical (unpaired) electrons. The Morgan fingerprint density at radius 2 is 1.28 bits per heavy atom. The second-order valence-electron chi connectivity index (χ2n) is 9.01. The number of aromatic carboxylic acids is 1. The topological polar surface area (TPSA) is 72.8 Å². The number of hydrogen-bond acceptors (Lipinski definition) is 4. The average molecular weight is 489 g/mol. The van der Waals surface area contributed by atoms with Crippen molar-refractivity contribution in [3.63, 3.8) is 0 Å². The smallest absolute Gasteiger partial charge is 0.339 e. The summed E-state index contributed by atoms with van der Waals surface area (Å²) < 4.78 is 11.2. The van der Waals surface area contributed by atoms with Gasteiger partial charge in [-0.05, 0) is 41.3 Å². The van der Waals surface area contributed by atoms with Gasteiger partial charge in [-0.15, -0.1) is 0 Å². The lowest BCUT2D eigenvalue weighted by Gasteiger charge is -2.13. The van der Waals surface area contributed by atoms with E-state index in [1.165, 1.54) is 57.9 Å². The van der Waals surface area contributed by atoms with Crippen LogP contribution in [-0.2, 0) is 4.79 Å². The summed E-state index contributed by atoms with van der Waals surface area (Å²) in [5, 5.41) is 9.49. The molecule has 0 saturated carbocycles. The Bertz CT molecular complexity index is 1120. The largest absolute Gasteiger partial charge is 0.494 e. The Kier molecular flexibility index (Phi) is 10.6. The third-order valence-electron chi connectivity index (χ3n) is 6.14. The molecule has 0 aliphatic rings. The Hall–Kier alpha value is -3.60. The van der Waals surface area contributed by atoms with Crippen LogP contribution in [0.1, 0.15) is 75.6 Å². The molecule has 0 heterocycles. The number of carboxylic acids is 1. The van der Waals surface area contributed by atoms with Crippen molar-refractivity contribution < 1.29 is 24.2 Å². The van der Waals surface area contributed by atoms with Crippen LogP contribution in [0, 0.1) is 0 Å². The van der Waals surface area contributed by atoms with E-state index in [9.17, 15) is 14.7 Å². The molecule has 0 saturated heterocycles. The van der Waals surface area contributed by atoms with Crippen LogP contribution in [0.2, 0.25) is 0 Å². The molecule has 36 heavy (non-hydrogen) atoms. The first kappa shape index (κ1) is 27.0. The van der Waals surface area contributed by atoms with E-state index < -0.39 is 11.9 Å². The minimum atomic E-state index is -1.14. The van der Waals surface area contributed by atoms with Gasteiger partial charge < -0.3 is 14.6 Å². The molecule has 0 spiro atoms. The fraction of sp³-hybridized carbons (Fsp3) is 0.355. The van der Waals surface area contributed by atoms with Gasteiger partial charge in [0.05, 0.1) is 6.61 Å². The molecule has 0 aliphatic heterocycles. The molecule has 0 atom stereocenters. The van der Waals surface area contributed by atoms with Crippen molar-refractivity contribution in [1.82, 2.24) is 0 Å². The lowest BCUT2D eigenvalue weighted by Crippen LogP contribution is -2.08. The number of hydrogen-bond donors (Lipinski definition) is 1. The van der Waals surface area contributed by atoms with Crippen LogP contribution in [0.15, 0.2) is 66.7 Å². The maximum Gasteiger partial charge on any atom is 0.339 e. The minimum Gasteiger partial charge on any atom is -0.494 e. The predicted octanol–water partition coefficient (Wildman–Crippen LogP) is 8.16. The van der Waals surface area contributed by atoms with Gasteiger partial charge in [0, 0.05) is 12.5 Å². The third-order valence-corrected chi connectivity index (χ3v) is 6.14. The first-order valence-electron chi connectivity index (χ1n) is 12.9. The van der Waals surface area contributed by atoms with Crippen molar-refractivity contribution >= 4 is 11.9 Å². The van der Waals surface area contributed by atoms with Gasteiger partial charge in [0.25, 0.3) is 0 Å². The molecular weight excluding hydrogens is 452 g/mol. The van der Waals surface area contributed by atoms with Crippen LogP contribution in [0.25, 0.3) is 22.3 Å². The van der Waals surface area contributed by atoms with E-state index >= 15 is 0 Å². The highest BCUT2D eigenvalue weighted by Gasteiger charge is 2.18. The van der Waals surface area contributed by atoms with Crippen molar-refractivity contribution in [1.29, 1.82) is 0 Å². The molecule has 0 fully saturated rings. The van der Waals surface area contributed by atoms with Gasteiger partial charge in [-0.3, -0.25) is 4.79 Å². The molecule has 0 aliphatic carbocycles. The van der Waals surface area contributed by atoms with Gasteiger partial charge in [-0.1, -0.05) is 100 Å².